The number of rotatable bonds is 4. The lowest BCUT2D eigenvalue weighted by Gasteiger charge is -2.29. The number of hydrogen-bond acceptors (Lipinski definition) is 3. The molecule has 0 saturated heterocycles. The highest BCUT2D eigenvalue weighted by Gasteiger charge is 2.23. The van der Waals surface area contributed by atoms with Crippen molar-refractivity contribution in [3.05, 3.63) is 62.6 Å². The summed E-state index contributed by atoms with van der Waals surface area (Å²) in [5, 5.41) is 3.29. The van der Waals surface area contributed by atoms with Crippen LogP contribution >= 0.6 is 27.5 Å². The molecule has 2 aromatic rings. The number of carbonyl (C=O) groups is 1. The molecule has 0 atom stereocenters. The van der Waals surface area contributed by atoms with E-state index >= 15 is 0 Å². The summed E-state index contributed by atoms with van der Waals surface area (Å²) >= 11 is 9.29. The average molecular weight is 484 g/mol. The summed E-state index contributed by atoms with van der Waals surface area (Å²) in [6.45, 7) is 1.28. The van der Waals surface area contributed by atoms with Gasteiger partial charge in [0.2, 0.25) is 5.91 Å². The number of nitrogens with zero attached hydrogens (tertiary/aromatic N) is 1. The van der Waals surface area contributed by atoms with Crippen LogP contribution in [0.2, 0.25) is 5.02 Å². The van der Waals surface area contributed by atoms with E-state index in [2.05, 4.69) is 21.2 Å². The maximum absolute atomic E-state index is 14.2. The predicted molar refractivity (Wildman–Crippen MR) is 113 cm³/mol. The molecule has 0 aromatic heterocycles. The molecule has 29 heavy (non-hydrogen) atoms. The van der Waals surface area contributed by atoms with Crippen LogP contribution in [-0.4, -0.2) is 25.6 Å². The molecule has 0 bridgehead atoms. The van der Waals surface area contributed by atoms with Gasteiger partial charge in [-0.1, -0.05) is 33.6 Å². The fourth-order valence-corrected chi connectivity index (χ4v) is 4.24. The minimum Gasteiger partial charge on any atom is -0.489 e. The second kappa shape index (κ2) is 8.32. The zero-order valence-corrected chi connectivity index (χ0v) is 17.7. The highest BCUT2D eigenvalue weighted by molar-refractivity contribution is 9.10. The van der Waals surface area contributed by atoms with Crippen LogP contribution in [0.1, 0.15) is 18.4 Å². The van der Waals surface area contributed by atoms with Crippen LogP contribution < -0.4 is 15.0 Å². The summed E-state index contributed by atoms with van der Waals surface area (Å²) in [5.74, 6) is -0.531. The predicted octanol–water partition coefficient (Wildman–Crippen LogP) is 5.48. The number of ether oxygens (including phenoxy) is 1. The van der Waals surface area contributed by atoms with Crippen LogP contribution in [0.4, 0.5) is 20.2 Å². The third kappa shape index (κ3) is 4.26. The Kier molecular flexibility index (Phi) is 5.79. The van der Waals surface area contributed by atoms with Gasteiger partial charge in [0.1, 0.15) is 18.0 Å². The summed E-state index contributed by atoms with van der Waals surface area (Å²) in [6.07, 6.45) is 3.55. The lowest BCUT2D eigenvalue weighted by Crippen LogP contribution is -2.31. The first-order valence-electron chi connectivity index (χ1n) is 9.24. The summed E-state index contributed by atoms with van der Waals surface area (Å²) < 4.78 is 34.7. The molecule has 2 aromatic carbocycles. The van der Waals surface area contributed by atoms with Gasteiger partial charge in [-0.05, 0) is 42.7 Å². The minimum atomic E-state index is -0.584. The molecule has 8 heteroatoms. The van der Waals surface area contributed by atoms with E-state index in [4.69, 9.17) is 16.3 Å². The van der Waals surface area contributed by atoms with Crippen molar-refractivity contribution in [1.29, 1.82) is 0 Å². The molecule has 0 saturated carbocycles. The molecule has 1 N–H and O–H groups in total. The Morgan fingerprint density at radius 3 is 2.62 bits per heavy atom. The molecule has 0 aliphatic carbocycles. The number of amides is 1. The van der Waals surface area contributed by atoms with Gasteiger partial charge >= 0.3 is 0 Å². The Bertz CT molecular complexity index is 989. The third-order valence-corrected chi connectivity index (χ3v) is 5.87. The Morgan fingerprint density at radius 1 is 1.17 bits per heavy atom. The number of fused-ring (bicyclic) bond motifs is 1. The fourth-order valence-electron chi connectivity index (χ4n) is 3.61. The van der Waals surface area contributed by atoms with Crippen molar-refractivity contribution in [2.24, 2.45) is 0 Å². The second-order valence-electron chi connectivity index (χ2n) is 7.01. The Hall–Kier alpha value is -2.12. The number of nitrogens with one attached hydrogen (secondary N) is 1. The standard InChI is InChI=1S/C21H18BrClF2N2O2/c22-13-9-16(24)21(17(25)10-13)27-7-5-12(6-8-27)11-29-18-3-2-15(23)20-14(18)1-4-19(28)26-20/h2-3,5,9-10H,1,4,6-8,11H2,(H,26,28). The van der Waals surface area contributed by atoms with Gasteiger partial charge in [-0.15, -0.1) is 0 Å². The molecule has 2 heterocycles. The van der Waals surface area contributed by atoms with E-state index in [1.165, 1.54) is 12.1 Å². The largest absolute Gasteiger partial charge is 0.489 e. The van der Waals surface area contributed by atoms with Crippen molar-refractivity contribution in [1.82, 2.24) is 0 Å². The maximum Gasteiger partial charge on any atom is 0.224 e. The molecule has 0 spiro atoms. The summed E-state index contributed by atoms with van der Waals surface area (Å²) in [6, 6.07) is 6.05. The quantitative estimate of drug-likeness (QED) is 0.586. The normalized spacial score (nSPS) is 16.2. The topological polar surface area (TPSA) is 41.6 Å². The number of carbonyl (C=O) groups excluding carboxylic acids is 1. The fraction of sp³-hybridized carbons (Fsp3) is 0.286. The number of anilines is 2. The molecule has 2 aliphatic rings. The van der Waals surface area contributed by atoms with E-state index in [-0.39, 0.29) is 11.6 Å². The van der Waals surface area contributed by atoms with Crippen LogP contribution in [0.5, 0.6) is 5.75 Å². The molecule has 152 valence electrons. The smallest absolute Gasteiger partial charge is 0.224 e. The number of halogens is 4. The van der Waals surface area contributed by atoms with Crippen LogP contribution in [0, 0.1) is 11.6 Å². The van der Waals surface area contributed by atoms with Gasteiger partial charge in [0, 0.05) is 29.5 Å². The zero-order chi connectivity index (χ0) is 20.5. The average Bonchev–Trinajstić information content (AvgIpc) is 2.68. The van der Waals surface area contributed by atoms with Gasteiger partial charge in [-0.2, -0.15) is 0 Å². The SMILES string of the molecule is O=C1CCc2c(OCC3=CCN(c4c(F)cc(Br)cc4F)CC3)ccc(Cl)c2N1. The van der Waals surface area contributed by atoms with Crippen LogP contribution in [0.15, 0.2) is 40.4 Å². The Balaban J connectivity index is 1.44. The van der Waals surface area contributed by atoms with Crippen molar-refractivity contribution in [3.63, 3.8) is 0 Å². The molecular formula is C21H18BrClF2N2O2. The van der Waals surface area contributed by atoms with E-state index in [0.717, 1.165) is 11.1 Å². The van der Waals surface area contributed by atoms with E-state index in [1.807, 2.05) is 6.08 Å². The molecule has 4 rings (SSSR count). The first kappa shape index (κ1) is 20.2. The number of hydrogen-bond donors (Lipinski definition) is 1. The highest BCUT2D eigenvalue weighted by atomic mass is 79.9. The first-order valence-corrected chi connectivity index (χ1v) is 10.4. The summed E-state index contributed by atoms with van der Waals surface area (Å²) in [7, 11) is 0. The molecule has 0 fully saturated rings. The molecule has 4 nitrogen and oxygen atoms in total. The molecule has 0 unspecified atom stereocenters. The van der Waals surface area contributed by atoms with E-state index in [9.17, 15) is 13.6 Å². The summed E-state index contributed by atoms with van der Waals surface area (Å²) in [4.78, 5) is 13.3. The van der Waals surface area contributed by atoms with Gasteiger partial charge in [0.15, 0.2) is 11.6 Å². The lowest BCUT2D eigenvalue weighted by atomic mass is 10.0. The summed E-state index contributed by atoms with van der Waals surface area (Å²) in [5.41, 5.74) is 2.56. The number of benzene rings is 2. The zero-order valence-electron chi connectivity index (χ0n) is 15.4. The Labute approximate surface area is 180 Å². The van der Waals surface area contributed by atoms with Crippen molar-refractivity contribution in [2.75, 3.05) is 29.9 Å². The van der Waals surface area contributed by atoms with Gasteiger partial charge in [0.05, 0.1) is 10.7 Å². The van der Waals surface area contributed by atoms with E-state index in [0.29, 0.717) is 59.9 Å². The van der Waals surface area contributed by atoms with Crippen molar-refractivity contribution in [3.8, 4) is 5.75 Å². The van der Waals surface area contributed by atoms with E-state index < -0.39 is 11.6 Å². The van der Waals surface area contributed by atoms with Gasteiger partial charge < -0.3 is 15.0 Å². The van der Waals surface area contributed by atoms with Crippen molar-refractivity contribution in [2.45, 2.75) is 19.3 Å². The van der Waals surface area contributed by atoms with Crippen LogP contribution in [0.25, 0.3) is 0 Å². The van der Waals surface area contributed by atoms with Gasteiger partial charge in [-0.3, -0.25) is 4.79 Å². The van der Waals surface area contributed by atoms with Crippen molar-refractivity contribution < 1.29 is 18.3 Å². The molecule has 2 aliphatic heterocycles. The van der Waals surface area contributed by atoms with Gasteiger partial charge in [0.25, 0.3) is 0 Å². The third-order valence-electron chi connectivity index (χ3n) is 5.10. The first-order chi connectivity index (χ1) is 13.9. The molecule has 0 radical (unpaired) electrons. The lowest BCUT2D eigenvalue weighted by molar-refractivity contribution is -0.116. The second-order valence-corrected chi connectivity index (χ2v) is 8.34. The monoisotopic (exact) mass is 482 g/mol. The highest BCUT2D eigenvalue weighted by Crippen LogP contribution is 2.37. The van der Waals surface area contributed by atoms with Crippen molar-refractivity contribution >= 4 is 44.8 Å². The van der Waals surface area contributed by atoms with Gasteiger partial charge in [-0.25, -0.2) is 8.78 Å². The Morgan fingerprint density at radius 2 is 1.93 bits per heavy atom. The maximum atomic E-state index is 14.2. The van der Waals surface area contributed by atoms with Crippen LogP contribution in [0.3, 0.4) is 0 Å². The molecular weight excluding hydrogens is 466 g/mol. The molecule has 1 amide bonds. The minimum absolute atomic E-state index is 0.00747. The van der Waals surface area contributed by atoms with Crippen LogP contribution in [-0.2, 0) is 11.2 Å². The van der Waals surface area contributed by atoms with E-state index in [1.54, 1.807) is 17.0 Å².